The normalized spacial score (nSPS) is 12.0. The third-order valence-corrected chi connectivity index (χ3v) is 5.00. The molecule has 0 saturated heterocycles. The van der Waals surface area contributed by atoms with E-state index in [1.165, 1.54) is 18.2 Å². The summed E-state index contributed by atoms with van der Waals surface area (Å²) in [5.74, 6) is -1.41. The Morgan fingerprint density at radius 2 is 1.63 bits per heavy atom. The van der Waals surface area contributed by atoms with Gasteiger partial charge in [-0.05, 0) is 42.3 Å². The highest BCUT2D eigenvalue weighted by Gasteiger charge is 2.28. The molecule has 2 rings (SSSR count). The summed E-state index contributed by atoms with van der Waals surface area (Å²) in [6.07, 6.45) is -4.40. The first kappa shape index (κ1) is 20.8. The lowest BCUT2D eigenvalue weighted by atomic mass is 10.1. The van der Waals surface area contributed by atoms with Crippen molar-refractivity contribution in [3.8, 4) is 0 Å². The fourth-order valence-electron chi connectivity index (χ4n) is 2.17. The number of benzene rings is 2. The topological polar surface area (TPSA) is 75.3 Å². The lowest BCUT2D eigenvalue weighted by Crippen LogP contribution is -2.33. The van der Waals surface area contributed by atoms with Gasteiger partial charge in [0.15, 0.2) is 0 Å². The zero-order valence-corrected chi connectivity index (χ0v) is 14.7. The molecule has 5 nitrogen and oxygen atoms in total. The van der Waals surface area contributed by atoms with E-state index in [2.05, 4.69) is 4.72 Å². The predicted octanol–water partition coefficient (Wildman–Crippen LogP) is 2.64. The number of hydrogen-bond acceptors (Lipinski definition) is 3. The second kappa shape index (κ2) is 8.49. The summed E-state index contributed by atoms with van der Waals surface area (Å²) >= 11 is 0. The Bertz CT molecular complexity index is 897. The van der Waals surface area contributed by atoms with Crippen molar-refractivity contribution in [2.75, 3.05) is 13.1 Å². The Hall–Kier alpha value is -2.46. The summed E-state index contributed by atoms with van der Waals surface area (Å²) < 4.78 is 76.5. The maximum Gasteiger partial charge on any atom is 0.405 e. The van der Waals surface area contributed by atoms with Crippen LogP contribution >= 0.6 is 0 Å². The maximum absolute atomic E-state index is 13.5. The summed E-state index contributed by atoms with van der Waals surface area (Å²) in [6, 6.07) is 10.4. The number of amides is 1. The lowest BCUT2D eigenvalue weighted by molar-refractivity contribution is -0.123. The average Bonchev–Trinajstić information content (AvgIpc) is 2.61. The summed E-state index contributed by atoms with van der Waals surface area (Å²) in [7, 11) is -3.91. The fourth-order valence-corrected chi connectivity index (χ4v) is 3.20. The molecule has 2 aromatic carbocycles. The van der Waals surface area contributed by atoms with E-state index >= 15 is 0 Å². The number of sulfonamides is 1. The first-order chi connectivity index (χ1) is 12.6. The molecule has 2 N–H and O–H groups in total. The maximum atomic E-state index is 13.5. The van der Waals surface area contributed by atoms with Gasteiger partial charge in [0, 0.05) is 12.1 Å². The van der Waals surface area contributed by atoms with Crippen molar-refractivity contribution < 1.29 is 30.8 Å². The van der Waals surface area contributed by atoms with E-state index in [4.69, 9.17) is 0 Å². The average molecular weight is 404 g/mol. The van der Waals surface area contributed by atoms with Crippen LogP contribution in [0.25, 0.3) is 0 Å². The summed E-state index contributed by atoms with van der Waals surface area (Å²) in [5.41, 5.74) is 0.251. The van der Waals surface area contributed by atoms with Crippen LogP contribution in [-0.4, -0.2) is 33.6 Å². The first-order valence-electron chi connectivity index (χ1n) is 7.76. The molecule has 0 atom stereocenters. The molecule has 0 bridgehead atoms. The highest BCUT2D eigenvalue weighted by atomic mass is 32.2. The SMILES string of the molecule is O=C(NCC(F)(F)F)c1ccc(S(=O)(=O)NCCc2ccccc2F)cc1. The Labute approximate surface area is 153 Å². The van der Waals surface area contributed by atoms with E-state index in [-0.39, 0.29) is 23.4 Å². The second-order valence-electron chi connectivity index (χ2n) is 5.56. The first-order valence-corrected chi connectivity index (χ1v) is 9.25. The number of nitrogens with one attached hydrogen (secondary N) is 2. The monoisotopic (exact) mass is 404 g/mol. The predicted molar refractivity (Wildman–Crippen MR) is 90.1 cm³/mol. The van der Waals surface area contributed by atoms with Crippen LogP contribution in [0.2, 0.25) is 0 Å². The number of hydrogen-bond donors (Lipinski definition) is 2. The van der Waals surface area contributed by atoms with Crippen LogP contribution in [0.4, 0.5) is 17.6 Å². The molecule has 0 aromatic heterocycles. The molecule has 0 aliphatic rings. The quantitative estimate of drug-likeness (QED) is 0.697. The lowest BCUT2D eigenvalue weighted by Gasteiger charge is -2.10. The number of halogens is 4. The third-order valence-electron chi connectivity index (χ3n) is 3.52. The Kier molecular flexibility index (Phi) is 6.55. The zero-order chi connectivity index (χ0) is 20.1. The standard InChI is InChI=1S/C17H16F4N2O3S/c18-15-4-2-1-3-12(15)9-10-23-27(25,26)14-7-5-13(6-8-14)16(24)22-11-17(19,20)21/h1-8,23H,9-11H2,(H,22,24). The highest BCUT2D eigenvalue weighted by Crippen LogP contribution is 2.14. The molecule has 0 spiro atoms. The van der Waals surface area contributed by atoms with Gasteiger partial charge in [0.05, 0.1) is 4.90 Å². The van der Waals surface area contributed by atoms with Crippen molar-refractivity contribution in [3.63, 3.8) is 0 Å². The van der Waals surface area contributed by atoms with Gasteiger partial charge in [0.1, 0.15) is 12.4 Å². The fraction of sp³-hybridized carbons (Fsp3) is 0.235. The highest BCUT2D eigenvalue weighted by molar-refractivity contribution is 7.89. The van der Waals surface area contributed by atoms with Gasteiger partial charge in [-0.15, -0.1) is 0 Å². The van der Waals surface area contributed by atoms with Gasteiger partial charge in [-0.1, -0.05) is 18.2 Å². The van der Waals surface area contributed by atoms with Gasteiger partial charge >= 0.3 is 6.18 Å². The van der Waals surface area contributed by atoms with Crippen molar-refractivity contribution in [2.24, 2.45) is 0 Å². The zero-order valence-electron chi connectivity index (χ0n) is 13.9. The van der Waals surface area contributed by atoms with Crippen LogP contribution in [0.1, 0.15) is 15.9 Å². The van der Waals surface area contributed by atoms with Crippen molar-refractivity contribution in [1.82, 2.24) is 10.0 Å². The minimum Gasteiger partial charge on any atom is -0.343 e. The van der Waals surface area contributed by atoms with E-state index in [1.54, 1.807) is 11.4 Å². The van der Waals surface area contributed by atoms with Crippen molar-refractivity contribution in [3.05, 3.63) is 65.5 Å². The summed E-state index contributed by atoms with van der Waals surface area (Å²) in [5, 5.41) is 1.69. The molecule has 0 radical (unpaired) electrons. The van der Waals surface area contributed by atoms with Crippen molar-refractivity contribution >= 4 is 15.9 Å². The molecular weight excluding hydrogens is 388 g/mol. The van der Waals surface area contributed by atoms with E-state index in [9.17, 15) is 30.8 Å². The molecule has 1 amide bonds. The van der Waals surface area contributed by atoms with Gasteiger partial charge in [-0.2, -0.15) is 13.2 Å². The van der Waals surface area contributed by atoms with E-state index in [0.717, 1.165) is 24.3 Å². The van der Waals surface area contributed by atoms with E-state index < -0.39 is 34.5 Å². The van der Waals surface area contributed by atoms with Crippen molar-refractivity contribution in [2.45, 2.75) is 17.5 Å². The molecule has 0 aliphatic carbocycles. The van der Waals surface area contributed by atoms with Gasteiger partial charge in [-0.25, -0.2) is 17.5 Å². The molecule has 0 saturated carbocycles. The number of carbonyl (C=O) groups is 1. The van der Waals surface area contributed by atoms with Crippen LogP contribution in [0.3, 0.4) is 0 Å². The molecule has 0 heterocycles. The minimum absolute atomic E-state index is 0.0446. The molecule has 0 unspecified atom stereocenters. The van der Waals surface area contributed by atoms with Crippen molar-refractivity contribution in [1.29, 1.82) is 0 Å². The Morgan fingerprint density at radius 1 is 1.00 bits per heavy atom. The molecule has 146 valence electrons. The molecule has 2 aromatic rings. The number of alkyl halides is 3. The summed E-state index contributed by atoms with van der Waals surface area (Å²) in [6.45, 7) is -1.53. The third kappa shape index (κ3) is 6.33. The van der Waals surface area contributed by atoms with Crippen LogP contribution < -0.4 is 10.0 Å². The number of rotatable bonds is 7. The molecule has 0 fully saturated rings. The number of carbonyl (C=O) groups excluding carboxylic acids is 1. The Balaban J connectivity index is 1.96. The summed E-state index contributed by atoms with van der Waals surface area (Å²) in [4.78, 5) is 11.4. The minimum atomic E-state index is -4.54. The van der Waals surface area contributed by atoms with Crippen LogP contribution in [0.15, 0.2) is 53.4 Å². The molecule has 27 heavy (non-hydrogen) atoms. The second-order valence-corrected chi connectivity index (χ2v) is 7.33. The van der Waals surface area contributed by atoms with Crippen LogP contribution in [0, 0.1) is 5.82 Å². The van der Waals surface area contributed by atoms with Gasteiger partial charge < -0.3 is 5.32 Å². The molecular formula is C17H16F4N2O3S. The van der Waals surface area contributed by atoms with E-state index in [0.29, 0.717) is 5.56 Å². The smallest absolute Gasteiger partial charge is 0.343 e. The van der Waals surface area contributed by atoms with Gasteiger partial charge in [0.25, 0.3) is 5.91 Å². The molecule has 10 heteroatoms. The van der Waals surface area contributed by atoms with Crippen LogP contribution in [0.5, 0.6) is 0 Å². The van der Waals surface area contributed by atoms with Crippen LogP contribution in [-0.2, 0) is 16.4 Å². The van der Waals surface area contributed by atoms with E-state index in [1.807, 2.05) is 0 Å². The Morgan fingerprint density at radius 3 is 2.22 bits per heavy atom. The van der Waals surface area contributed by atoms with Gasteiger partial charge in [-0.3, -0.25) is 4.79 Å². The largest absolute Gasteiger partial charge is 0.405 e. The molecule has 0 aliphatic heterocycles. The van der Waals surface area contributed by atoms with Gasteiger partial charge in [0.2, 0.25) is 10.0 Å².